The van der Waals surface area contributed by atoms with Crippen LogP contribution >= 0.6 is 11.6 Å². The largest absolute Gasteiger partial charge is 0.467 e. The van der Waals surface area contributed by atoms with E-state index < -0.39 is 17.6 Å². The second-order valence-electron chi connectivity index (χ2n) is 8.37. The van der Waals surface area contributed by atoms with E-state index in [2.05, 4.69) is 26.1 Å². The molecule has 0 radical (unpaired) electrons. The number of halogens is 1. The average Bonchev–Trinajstić information content (AvgIpc) is 2.62. The molecule has 6 heteroatoms. The minimum absolute atomic E-state index is 0.171. The van der Waals surface area contributed by atoms with E-state index in [1.54, 1.807) is 24.3 Å². The predicted octanol–water partition coefficient (Wildman–Crippen LogP) is 4.29. The number of rotatable bonds is 5. The normalized spacial score (nSPS) is 24.1. The topological polar surface area (TPSA) is 64.6 Å². The number of hydrogen-bond acceptors (Lipinski definition) is 4. The Hall–Kier alpha value is -1.59. The van der Waals surface area contributed by atoms with Crippen LogP contribution in [0.4, 0.5) is 0 Å². The van der Waals surface area contributed by atoms with Crippen molar-refractivity contribution in [2.75, 3.05) is 14.2 Å². The van der Waals surface area contributed by atoms with E-state index >= 15 is 0 Å². The van der Waals surface area contributed by atoms with Crippen molar-refractivity contribution in [1.82, 2.24) is 5.32 Å². The van der Waals surface area contributed by atoms with Crippen molar-refractivity contribution in [2.24, 2.45) is 11.3 Å². The minimum Gasteiger partial charge on any atom is -0.467 e. The van der Waals surface area contributed by atoms with E-state index in [1.165, 1.54) is 14.2 Å². The van der Waals surface area contributed by atoms with E-state index in [-0.39, 0.29) is 11.3 Å². The Balaban J connectivity index is 2.19. The standard InChI is InChI=1S/C21H30ClNO4/c1-20(2,3)15-10-12-21(13-11-15,19(25)27-5)23-18(24)17(26-4)14-6-8-16(22)9-7-14/h6-9,15,17H,10-13H2,1-5H3,(H,23,24). The number of hydrogen-bond donors (Lipinski definition) is 1. The number of amides is 1. The van der Waals surface area contributed by atoms with Crippen molar-refractivity contribution in [2.45, 2.75) is 58.1 Å². The molecule has 0 aromatic heterocycles. The van der Waals surface area contributed by atoms with Crippen LogP contribution < -0.4 is 5.32 Å². The Morgan fingerprint density at radius 3 is 2.15 bits per heavy atom. The Bertz CT molecular complexity index is 658. The summed E-state index contributed by atoms with van der Waals surface area (Å²) in [7, 11) is 2.83. The van der Waals surface area contributed by atoms with Crippen LogP contribution in [-0.2, 0) is 19.1 Å². The van der Waals surface area contributed by atoms with E-state index in [0.29, 0.717) is 29.3 Å². The van der Waals surface area contributed by atoms with E-state index in [1.807, 2.05) is 0 Å². The second kappa shape index (κ2) is 8.61. The van der Waals surface area contributed by atoms with Gasteiger partial charge in [0.2, 0.25) is 0 Å². The van der Waals surface area contributed by atoms with Crippen molar-refractivity contribution < 1.29 is 19.1 Å². The number of carbonyl (C=O) groups excluding carboxylic acids is 2. The molecule has 1 unspecified atom stereocenters. The van der Waals surface area contributed by atoms with Crippen molar-refractivity contribution in [3.05, 3.63) is 34.9 Å². The fourth-order valence-corrected chi connectivity index (χ4v) is 4.01. The highest BCUT2D eigenvalue weighted by Gasteiger charge is 2.46. The van der Waals surface area contributed by atoms with Crippen LogP contribution in [0.15, 0.2) is 24.3 Å². The van der Waals surface area contributed by atoms with Crippen molar-refractivity contribution in [1.29, 1.82) is 0 Å². The molecule has 1 aliphatic carbocycles. The molecule has 2 rings (SSSR count). The highest BCUT2D eigenvalue weighted by Crippen LogP contribution is 2.42. The lowest BCUT2D eigenvalue weighted by Gasteiger charge is -2.43. The molecule has 1 N–H and O–H groups in total. The summed E-state index contributed by atoms with van der Waals surface area (Å²) in [4.78, 5) is 25.5. The van der Waals surface area contributed by atoms with Crippen LogP contribution in [0.2, 0.25) is 5.02 Å². The zero-order valence-electron chi connectivity index (χ0n) is 16.8. The van der Waals surface area contributed by atoms with Crippen LogP contribution in [0.3, 0.4) is 0 Å². The quantitative estimate of drug-likeness (QED) is 0.755. The average molecular weight is 396 g/mol. The highest BCUT2D eigenvalue weighted by atomic mass is 35.5. The van der Waals surface area contributed by atoms with E-state index in [0.717, 1.165) is 12.8 Å². The maximum Gasteiger partial charge on any atom is 0.331 e. The predicted molar refractivity (Wildman–Crippen MR) is 106 cm³/mol. The van der Waals surface area contributed by atoms with Gasteiger partial charge in [-0.25, -0.2) is 4.79 Å². The highest BCUT2D eigenvalue weighted by molar-refractivity contribution is 6.30. The summed E-state index contributed by atoms with van der Waals surface area (Å²) >= 11 is 5.93. The third kappa shape index (κ3) is 5.02. The van der Waals surface area contributed by atoms with Gasteiger partial charge in [0, 0.05) is 12.1 Å². The molecule has 0 heterocycles. The van der Waals surface area contributed by atoms with Gasteiger partial charge in [0.15, 0.2) is 6.10 Å². The molecule has 27 heavy (non-hydrogen) atoms. The summed E-state index contributed by atoms with van der Waals surface area (Å²) < 4.78 is 10.4. The molecule has 1 fully saturated rings. The lowest BCUT2D eigenvalue weighted by molar-refractivity contribution is -0.155. The van der Waals surface area contributed by atoms with Gasteiger partial charge in [0.1, 0.15) is 5.54 Å². The first kappa shape index (κ1) is 21.7. The maximum absolute atomic E-state index is 13.0. The Morgan fingerprint density at radius 2 is 1.70 bits per heavy atom. The van der Waals surface area contributed by atoms with Gasteiger partial charge in [0.05, 0.1) is 7.11 Å². The number of methoxy groups -OCH3 is 2. The molecule has 0 aliphatic heterocycles. The van der Waals surface area contributed by atoms with Crippen LogP contribution in [-0.4, -0.2) is 31.6 Å². The summed E-state index contributed by atoms with van der Waals surface area (Å²) in [5.41, 5.74) is -0.149. The lowest BCUT2D eigenvalue weighted by atomic mass is 9.67. The third-order valence-electron chi connectivity index (χ3n) is 5.65. The van der Waals surface area contributed by atoms with E-state index in [4.69, 9.17) is 21.1 Å². The molecule has 1 atom stereocenters. The first-order valence-corrected chi connectivity index (χ1v) is 9.69. The fourth-order valence-electron chi connectivity index (χ4n) is 3.89. The summed E-state index contributed by atoms with van der Waals surface area (Å²) in [6, 6.07) is 6.91. The second-order valence-corrected chi connectivity index (χ2v) is 8.81. The first-order chi connectivity index (χ1) is 12.6. The Kier molecular flexibility index (Phi) is 6.92. The summed E-state index contributed by atoms with van der Waals surface area (Å²) in [6.45, 7) is 6.63. The number of carbonyl (C=O) groups is 2. The lowest BCUT2D eigenvalue weighted by Crippen LogP contribution is -2.58. The summed E-state index contributed by atoms with van der Waals surface area (Å²) in [6.07, 6.45) is 2.02. The van der Waals surface area contributed by atoms with Crippen molar-refractivity contribution in [3.8, 4) is 0 Å². The van der Waals surface area contributed by atoms with Crippen molar-refractivity contribution >= 4 is 23.5 Å². The van der Waals surface area contributed by atoms with Gasteiger partial charge in [-0.3, -0.25) is 4.79 Å². The van der Waals surface area contributed by atoms with Crippen molar-refractivity contribution in [3.63, 3.8) is 0 Å². The summed E-state index contributed by atoms with van der Waals surface area (Å²) in [5, 5.41) is 3.53. The van der Waals surface area contributed by atoms with Crippen LogP contribution in [0.25, 0.3) is 0 Å². The Morgan fingerprint density at radius 1 is 1.15 bits per heavy atom. The van der Waals surface area contributed by atoms with Gasteiger partial charge >= 0.3 is 5.97 Å². The van der Waals surface area contributed by atoms with E-state index in [9.17, 15) is 9.59 Å². The molecule has 0 saturated heterocycles. The number of nitrogens with one attached hydrogen (secondary N) is 1. The molecule has 1 aromatic carbocycles. The molecule has 1 saturated carbocycles. The number of benzene rings is 1. The smallest absolute Gasteiger partial charge is 0.331 e. The van der Waals surface area contributed by atoms with Gasteiger partial charge in [-0.1, -0.05) is 44.5 Å². The molecule has 1 aromatic rings. The minimum atomic E-state index is -1.00. The summed E-state index contributed by atoms with van der Waals surface area (Å²) in [5.74, 6) is -0.240. The van der Waals surface area contributed by atoms with Crippen LogP contribution in [0.5, 0.6) is 0 Å². The molecular weight excluding hydrogens is 366 g/mol. The van der Waals surface area contributed by atoms with Gasteiger partial charge in [-0.15, -0.1) is 0 Å². The zero-order chi connectivity index (χ0) is 20.2. The maximum atomic E-state index is 13.0. The fraction of sp³-hybridized carbons (Fsp3) is 0.619. The third-order valence-corrected chi connectivity index (χ3v) is 5.90. The van der Waals surface area contributed by atoms with Crippen LogP contribution in [0, 0.1) is 11.3 Å². The molecule has 1 aliphatic rings. The monoisotopic (exact) mass is 395 g/mol. The van der Waals surface area contributed by atoms with Gasteiger partial charge in [-0.2, -0.15) is 0 Å². The zero-order valence-corrected chi connectivity index (χ0v) is 17.6. The number of esters is 1. The molecule has 1 amide bonds. The molecular formula is C21H30ClNO4. The first-order valence-electron chi connectivity index (χ1n) is 9.31. The Labute approximate surface area is 166 Å². The molecule has 150 valence electrons. The van der Waals surface area contributed by atoms with Gasteiger partial charge in [-0.05, 0) is 54.7 Å². The van der Waals surface area contributed by atoms with Gasteiger partial charge in [0.25, 0.3) is 5.91 Å². The van der Waals surface area contributed by atoms with Gasteiger partial charge < -0.3 is 14.8 Å². The molecule has 0 bridgehead atoms. The molecule has 5 nitrogen and oxygen atoms in total. The van der Waals surface area contributed by atoms with Crippen LogP contribution in [0.1, 0.15) is 58.1 Å². The number of ether oxygens (including phenoxy) is 2. The molecule has 0 spiro atoms. The SMILES string of the molecule is COC(=O)C1(NC(=O)C(OC)c2ccc(Cl)cc2)CCC(C(C)(C)C)CC1.